The van der Waals surface area contributed by atoms with Gasteiger partial charge < -0.3 is 13.7 Å². The van der Waals surface area contributed by atoms with Gasteiger partial charge in [0.2, 0.25) is 5.89 Å². The molecule has 2 heterocycles. The number of nitrogens with zero attached hydrogens (tertiary/aromatic N) is 2. The van der Waals surface area contributed by atoms with Crippen LogP contribution in [0.4, 0.5) is 17.1 Å². The van der Waals surface area contributed by atoms with Gasteiger partial charge in [0.25, 0.3) is 0 Å². The van der Waals surface area contributed by atoms with Gasteiger partial charge in [-0.1, -0.05) is 158 Å². The maximum Gasteiger partial charge on any atom is 0.227 e. The zero-order valence-corrected chi connectivity index (χ0v) is 34.5. The number of aromatic nitrogens is 1. The Bertz CT molecular complexity index is 3780. The minimum absolute atomic E-state index is 0.433. The molecule has 0 saturated carbocycles. The van der Waals surface area contributed by atoms with E-state index in [1.54, 1.807) is 0 Å². The highest BCUT2D eigenvalue weighted by molar-refractivity contribution is 6.19. The van der Waals surface area contributed by atoms with Crippen molar-refractivity contribution >= 4 is 60.9 Å². The van der Waals surface area contributed by atoms with E-state index < -0.39 is 5.41 Å². The third-order valence-corrected chi connectivity index (χ3v) is 13.7. The number of fused-ring (bicyclic) bond motifs is 15. The number of para-hydroxylation sites is 2. The molecule has 2 aliphatic carbocycles. The van der Waals surface area contributed by atoms with Gasteiger partial charge in [-0.05, 0) is 122 Å². The van der Waals surface area contributed by atoms with E-state index in [2.05, 4.69) is 199 Å². The average Bonchev–Trinajstić information content (AvgIpc) is 4.11. The maximum absolute atomic E-state index is 7.14. The molecule has 2 aromatic heterocycles. The summed E-state index contributed by atoms with van der Waals surface area (Å²) in [5.41, 5.74) is 19.4. The molecule has 14 rings (SSSR count). The Morgan fingerprint density at radius 3 is 1.72 bits per heavy atom. The smallest absolute Gasteiger partial charge is 0.227 e. The van der Waals surface area contributed by atoms with E-state index in [9.17, 15) is 0 Å². The summed E-state index contributed by atoms with van der Waals surface area (Å²) in [7, 11) is 0. The number of benzene rings is 10. The lowest BCUT2D eigenvalue weighted by Crippen LogP contribution is -2.25. The fraction of sp³-hybridized carbons (Fsp3) is 0.0167. The summed E-state index contributed by atoms with van der Waals surface area (Å²) in [5, 5.41) is 4.30. The SMILES string of the molecule is c1ccc(-c2ccc(N(c3ccc4c(c3)-c3ccccc3C43c4ccccc4-c4ccccc43)c3c4ccccc4cc4c3oc3cc(-c5nc6ccccc6o5)ccc34)cc2)cc1. The van der Waals surface area contributed by atoms with Crippen molar-refractivity contribution in [3.63, 3.8) is 0 Å². The van der Waals surface area contributed by atoms with E-state index in [-0.39, 0.29) is 0 Å². The Hall–Kier alpha value is -8.47. The van der Waals surface area contributed by atoms with Crippen LogP contribution in [0.5, 0.6) is 0 Å². The van der Waals surface area contributed by atoms with Crippen LogP contribution in [0.25, 0.3) is 88.6 Å². The van der Waals surface area contributed by atoms with Gasteiger partial charge in [0.1, 0.15) is 11.1 Å². The third-order valence-electron chi connectivity index (χ3n) is 13.7. The van der Waals surface area contributed by atoms with Gasteiger partial charge in [0, 0.05) is 33.1 Å². The number of hydrogen-bond acceptors (Lipinski definition) is 4. The fourth-order valence-corrected chi connectivity index (χ4v) is 11.0. The molecule has 4 nitrogen and oxygen atoms in total. The number of oxazole rings is 1. The van der Waals surface area contributed by atoms with Crippen molar-refractivity contribution in [2.75, 3.05) is 4.90 Å². The van der Waals surface area contributed by atoms with E-state index in [4.69, 9.17) is 13.8 Å². The van der Waals surface area contributed by atoms with Gasteiger partial charge >= 0.3 is 0 Å². The molecule has 0 bridgehead atoms. The first-order valence-electron chi connectivity index (χ1n) is 21.9. The molecule has 0 unspecified atom stereocenters. The average molecular weight is 817 g/mol. The predicted octanol–water partition coefficient (Wildman–Crippen LogP) is 16.0. The van der Waals surface area contributed by atoms with Crippen molar-refractivity contribution in [3.8, 4) is 44.8 Å². The highest BCUT2D eigenvalue weighted by Gasteiger charge is 2.51. The minimum atomic E-state index is -0.433. The molecular weight excluding hydrogens is 781 g/mol. The summed E-state index contributed by atoms with van der Waals surface area (Å²) in [6.45, 7) is 0. The Morgan fingerprint density at radius 2 is 0.969 bits per heavy atom. The second-order valence-corrected chi connectivity index (χ2v) is 17.0. The highest BCUT2D eigenvalue weighted by Crippen LogP contribution is 2.63. The Labute approximate surface area is 368 Å². The summed E-state index contributed by atoms with van der Waals surface area (Å²) in [6.07, 6.45) is 0. The van der Waals surface area contributed by atoms with E-state index in [0.717, 1.165) is 72.0 Å². The van der Waals surface area contributed by atoms with Crippen LogP contribution in [-0.4, -0.2) is 4.98 Å². The van der Waals surface area contributed by atoms with E-state index in [1.165, 1.54) is 50.1 Å². The van der Waals surface area contributed by atoms with Gasteiger partial charge in [-0.15, -0.1) is 0 Å². The Kier molecular flexibility index (Phi) is 7.29. The van der Waals surface area contributed by atoms with Crippen LogP contribution in [-0.2, 0) is 5.41 Å². The summed E-state index contributed by atoms with van der Waals surface area (Å²) in [6, 6.07) is 78.8. The Balaban J connectivity index is 1.03. The molecule has 298 valence electrons. The van der Waals surface area contributed by atoms with Crippen LogP contribution in [0.1, 0.15) is 22.3 Å². The molecule has 0 radical (unpaired) electrons. The lowest BCUT2D eigenvalue weighted by molar-refractivity contribution is 0.619. The summed E-state index contributed by atoms with van der Waals surface area (Å²) in [5.74, 6) is 0.567. The third kappa shape index (κ3) is 4.85. The van der Waals surface area contributed by atoms with Crippen LogP contribution < -0.4 is 4.90 Å². The first-order valence-corrected chi connectivity index (χ1v) is 21.9. The number of hydrogen-bond donors (Lipinski definition) is 0. The molecule has 0 saturated heterocycles. The summed E-state index contributed by atoms with van der Waals surface area (Å²) < 4.78 is 13.4. The zero-order valence-electron chi connectivity index (χ0n) is 34.5. The molecule has 1 spiro atoms. The van der Waals surface area contributed by atoms with Crippen molar-refractivity contribution in [2.45, 2.75) is 5.41 Å². The van der Waals surface area contributed by atoms with Crippen molar-refractivity contribution in [2.24, 2.45) is 0 Å². The second kappa shape index (κ2) is 13.3. The molecule has 2 aliphatic rings. The van der Waals surface area contributed by atoms with Gasteiger partial charge in [-0.3, -0.25) is 0 Å². The van der Waals surface area contributed by atoms with Crippen LogP contribution in [0, 0.1) is 0 Å². The number of rotatable bonds is 5. The largest absolute Gasteiger partial charge is 0.454 e. The monoisotopic (exact) mass is 816 g/mol. The topological polar surface area (TPSA) is 42.4 Å². The highest BCUT2D eigenvalue weighted by atomic mass is 16.3. The minimum Gasteiger partial charge on any atom is -0.454 e. The molecule has 4 heteroatoms. The fourth-order valence-electron chi connectivity index (χ4n) is 11.0. The molecule has 0 fully saturated rings. The van der Waals surface area contributed by atoms with Gasteiger partial charge in [-0.2, -0.15) is 0 Å². The normalized spacial score (nSPS) is 13.1. The van der Waals surface area contributed by atoms with Crippen LogP contribution in [0.15, 0.2) is 227 Å². The molecular formula is C60H36N2O2. The standard InChI is InChI=1S/C60H36N2O2/c1-2-14-37(15-3-1)38-26-29-41(30-27-38)62(42-31-33-53-48(36-42)46-20-8-11-23-52(46)60(53)50-21-9-6-18-44(50)45-19-7-10-22-51(45)60)57-43-17-5-4-16-39(43)34-49-47-32-28-40(35-56(47)63-58(49)57)59-61-54-24-12-13-25-55(54)64-59/h1-36H. The first-order chi connectivity index (χ1) is 31.7. The van der Waals surface area contributed by atoms with Crippen molar-refractivity contribution in [1.82, 2.24) is 4.98 Å². The van der Waals surface area contributed by atoms with Crippen molar-refractivity contribution in [1.29, 1.82) is 0 Å². The van der Waals surface area contributed by atoms with E-state index in [1.807, 2.05) is 24.3 Å². The maximum atomic E-state index is 7.14. The molecule has 0 N–H and O–H groups in total. The van der Waals surface area contributed by atoms with E-state index >= 15 is 0 Å². The summed E-state index contributed by atoms with van der Waals surface area (Å²) >= 11 is 0. The van der Waals surface area contributed by atoms with Gasteiger partial charge in [0.15, 0.2) is 11.2 Å². The molecule has 12 aromatic rings. The van der Waals surface area contributed by atoms with Crippen LogP contribution in [0.2, 0.25) is 0 Å². The van der Waals surface area contributed by atoms with Gasteiger partial charge in [0.05, 0.1) is 11.1 Å². The lowest BCUT2D eigenvalue weighted by atomic mass is 9.70. The molecule has 0 amide bonds. The van der Waals surface area contributed by atoms with Crippen molar-refractivity contribution < 1.29 is 8.83 Å². The quantitative estimate of drug-likeness (QED) is 0.174. The van der Waals surface area contributed by atoms with E-state index in [0.29, 0.717) is 5.89 Å². The molecule has 0 aliphatic heterocycles. The van der Waals surface area contributed by atoms with Crippen molar-refractivity contribution in [3.05, 3.63) is 241 Å². The number of anilines is 3. The predicted molar refractivity (Wildman–Crippen MR) is 261 cm³/mol. The van der Waals surface area contributed by atoms with Gasteiger partial charge in [-0.25, -0.2) is 4.98 Å². The van der Waals surface area contributed by atoms with Crippen LogP contribution in [0.3, 0.4) is 0 Å². The summed E-state index contributed by atoms with van der Waals surface area (Å²) in [4.78, 5) is 7.23. The van der Waals surface area contributed by atoms with Crippen LogP contribution >= 0.6 is 0 Å². The second-order valence-electron chi connectivity index (χ2n) is 17.0. The molecule has 64 heavy (non-hydrogen) atoms. The molecule has 0 atom stereocenters. The lowest BCUT2D eigenvalue weighted by Gasteiger charge is -2.31. The Morgan fingerprint density at radius 1 is 0.375 bits per heavy atom. The molecule has 10 aromatic carbocycles. The zero-order chi connectivity index (χ0) is 41.9. The number of furan rings is 1. The first kappa shape index (κ1) is 35.2.